The topological polar surface area (TPSA) is 12.0 Å². The van der Waals surface area contributed by atoms with Gasteiger partial charge in [-0.3, -0.25) is 0 Å². The van der Waals surface area contributed by atoms with Crippen molar-refractivity contribution in [3.05, 3.63) is 35.1 Å². The first-order valence-electron chi connectivity index (χ1n) is 8.08. The van der Waals surface area contributed by atoms with Gasteiger partial charge in [-0.25, -0.2) is 4.39 Å². The minimum absolute atomic E-state index is 0.111. The molecule has 0 spiro atoms. The van der Waals surface area contributed by atoms with Crippen LogP contribution in [0.25, 0.3) is 0 Å². The van der Waals surface area contributed by atoms with Crippen LogP contribution in [0.2, 0.25) is 0 Å². The van der Waals surface area contributed by atoms with Crippen LogP contribution in [0.15, 0.2) is 18.2 Å². The van der Waals surface area contributed by atoms with Crippen LogP contribution in [0.4, 0.5) is 4.39 Å². The van der Waals surface area contributed by atoms with Crippen molar-refractivity contribution < 1.29 is 4.39 Å². The number of fused-ring (bicyclic) bond motifs is 2. The third-order valence-electron chi connectivity index (χ3n) is 5.66. The molecule has 4 atom stereocenters. The Labute approximate surface area is 122 Å². The zero-order chi connectivity index (χ0) is 14.1. The maximum Gasteiger partial charge on any atom is 0.123 e. The summed E-state index contributed by atoms with van der Waals surface area (Å²) in [5, 5.41) is 3.46. The van der Waals surface area contributed by atoms with E-state index in [1.807, 2.05) is 13.1 Å². The largest absolute Gasteiger partial charge is 0.317 e. The standard InChI is InChI=1S/C18H26FN/c1-12-3-6-17(19)9-15(12)10-18(20-2)11-16-8-13-4-5-14(16)7-13/h3,6,9,13-14,16,18,20H,4-5,7-8,10-11H2,1-2H3. The van der Waals surface area contributed by atoms with Crippen LogP contribution in [-0.4, -0.2) is 13.1 Å². The summed E-state index contributed by atoms with van der Waals surface area (Å²) in [6.07, 6.45) is 8.03. The maximum absolute atomic E-state index is 13.4. The molecule has 4 unspecified atom stereocenters. The number of nitrogens with one attached hydrogen (secondary N) is 1. The summed E-state index contributed by atoms with van der Waals surface area (Å²) in [7, 11) is 2.05. The normalized spacial score (nSPS) is 29.9. The van der Waals surface area contributed by atoms with Crippen molar-refractivity contribution in [2.75, 3.05) is 7.05 Å². The zero-order valence-electron chi connectivity index (χ0n) is 12.7. The van der Waals surface area contributed by atoms with Gasteiger partial charge in [0.05, 0.1) is 0 Å². The third-order valence-corrected chi connectivity index (χ3v) is 5.66. The van der Waals surface area contributed by atoms with Crippen LogP contribution in [0.5, 0.6) is 0 Å². The second-order valence-corrected chi connectivity index (χ2v) is 6.93. The highest BCUT2D eigenvalue weighted by atomic mass is 19.1. The summed E-state index contributed by atoms with van der Waals surface area (Å²) < 4.78 is 13.4. The van der Waals surface area contributed by atoms with Crippen LogP contribution in [0, 0.1) is 30.5 Å². The Bertz CT molecular complexity index is 470. The predicted octanol–water partition coefficient (Wildman–Crippen LogP) is 4.09. The summed E-state index contributed by atoms with van der Waals surface area (Å²) in [4.78, 5) is 0. The molecule has 0 amide bonds. The second kappa shape index (κ2) is 5.85. The molecule has 1 N–H and O–H groups in total. The van der Waals surface area contributed by atoms with Crippen LogP contribution < -0.4 is 5.32 Å². The summed E-state index contributed by atoms with van der Waals surface area (Å²) in [5.41, 5.74) is 2.37. The number of halogens is 1. The van der Waals surface area contributed by atoms with Gasteiger partial charge < -0.3 is 5.32 Å². The molecule has 1 nitrogen and oxygen atoms in total. The van der Waals surface area contributed by atoms with E-state index in [0.29, 0.717) is 6.04 Å². The van der Waals surface area contributed by atoms with E-state index in [4.69, 9.17) is 0 Å². The molecule has 20 heavy (non-hydrogen) atoms. The minimum atomic E-state index is -0.111. The molecule has 0 heterocycles. The molecule has 0 aliphatic heterocycles. The number of benzene rings is 1. The van der Waals surface area contributed by atoms with E-state index in [0.717, 1.165) is 29.7 Å². The van der Waals surface area contributed by atoms with Gasteiger partial charge in [-0.2, -0.15) is 0 Å². The van der Waals surface area contributed by atoms with Gasteiger partial charge in [0.15, 0.2) is 0 Å². The van der Waals surface area contributed by atoms with E-state index in [9.17, 15) is 4.39 Å². The summed E-state index contributed by atoms with van der Waals surface area (Å²) >= 11 is 0. The van der Waals surface area contributed by atoms with Crippen molar-refractivity contribution >= 4 is 0 Å². The third kappa shape index (κ3) is 2.90. The van der Waals surface area contributed by atoms with Crippen LogP contribution >= 0.6 is 0 Å². The smallest absolute Gasteiger partial charge is 0.123 e. The quantitative estimate of drug-likeness (QED) is 0.853. The Kier molecular flexibility index (Phi) is 4.11. The number of likely N-dealkylation sites (N-methyl/N-ethyl adjacent to an activating group) is 1. The Morgan fingerprint density at radius 1 is 1.30 bits per heavy atom. The number of rotatable bonds is 5. The molecular formula is C18H26FN. The first kappa shape index (κ1) is 14.1. The lowest BCUT2D eigenvalue weighted by Gasteiger charge is -2.27. The number of aryl methyl sites for hydroxylation is 1. The molecule has 2 aliphatic rings. The van der Waals surface area contributed by atoms with Gasteiger partial charge in [-0.05, 0) is 87.1 Å². The van der Waals surface area contributed by atoms with Crippen molar-refractivity contribution in [2.24, 2.45) is 17.8 Å². The Balaban J connectivity index is 1.63. The minimum Gasteiger partial charge on any atom is -0.317 e. The van der Waals surface area contributed by atoms with Crippen molar-refractivity contribution in [2.45, 2.75) is 51.5 Å². The Hall–Kier alpha value is -0.890. The van der Waals surface area contributed by atoms with Crippen molar-refractivity contribution in [1.29, 1.82) is 0 Å². The van der Waals surface area contributed by atoms with Gasteiger partial charge in [-0.15, -0.1) is 0 Å². The first-order chi connectivity index (χ1) is 9.65. The molecule has 2 heteroatoms. The fourth-order valence-corrected chi connectivity index (χ4v) is 4.46. The number of hydrogen-bond acceptors (Lipinski definition) is 1. The lowest BCUT2D eigenvalue weighted by molar-refractivity contribution is 0.281. The molecule has 110 valence electrons. The van der Waals surface area contributed by atoms with Crippen LogP contribution in [0.3, 0.4) is 0 Å². The lowest BCUT2D eigenvalue weighted by Crippen LogP contribution is -2.31. The molecule has 3 rings (SSSR count). The van der Waals surface area contributed by atoms with Gasteiger partial charge in [-0.1, -0.05) is 12.5 Å². The van der Waals surface area contributed by atoms with Crippen molar-refractivity contribution in [3.63, 3.8) is 0 Å². The fourth-order valence-electron chi connectivity index (χ4n) is 4.46. The average molecular weight is 275 g/mol. The molecule has 1 aromatic rings. The Morgan fingerprint density at radius 3 is 2.80 bits per heavy atom. The van der Waals surface area contributed by atoms with Gasteiger partial charge in [0.2, 0.25) is 0 Å². The molecular weight excluding hydrogens is 249 g/mol. The van der Waals surface area contributed by atoms with Gasteiger partial charge >= 0.3 is 0 Å². The first-order valence-corrected chi connectivity index (χ1v) is 8.08. The highest BCUT2D eigenvalue weighted by Crippen LogP contribution is 2.49. The van der Waals surface area contributed by atoms with Crippen molar-refractivity contribution in [1.82, 2.24) is 5.32 Å². The van der Waals surface area contributed by atoms with Crippen LogP contribution in [-0.2, 0) is 6.42 Å². The van der Waals surface area contributed by atoms with Crippen molar-refractivity contribution in [3.8, 4) is 0 Å². The van der Waals surface area contributed by atoms with Crippen LogP contribution in [0.1, 0.15) is 43.2 Å². The predicted molar refractivity (Wildman–Crippen MR) is 81.2 cm³/mol. The molecule has 2 aliphatic carbocycles. The van der Waals surface area contributed by atoms with E-state index < -0.39 is 0 Å². The molecule has 0 aromatic heterocycles. The highest BCUT2D eigenvalue weighted by molar-refractivity contribution is 5.27. The molecule has 2 fully saturated rings. The summed E-state index contributed by atoms with van der Waals surface area (Å²) in [6.45, 7) is 2.08. The monoisotopic (exact) mass is 275 g/mol. The maximum atomic E-state index is 13.4. The van der Waals surface area contributed by atoms with E-state index in [2.05, 4.69) is 12.2 Å². The molecule has 0 radical (unpaired) electrons. The van der Waals surface area contributed by atoms with E-state index in [1.54, 1.807) is 12.1 Å². The summed E-state index contributed by atoms with van der Waals surface area (Å²) in [5.74, 6) is 2.78. The molecule has 1 aromatic carbocycles. The molecule has 2 bridgehead atoms. The lowest BCUT2D eigenvalue weighted by atomic mass is 9.83. The SMILES string of the molecule is CNC(Cc1cc(F)ccc1C)CC1CC2CCC1C2. The van der Waals surface area contributed by atoms with Gasteiger partial charge in [0.1, 0.15) is 5.82 Å². The number of hydrogen-bond donors (Lipinski definition) is 1. The molecule has 2 saturated carbocycles. The Morgan fingerprint density at radius 2 is 2.15 bits per heavy atom. The summed E-state index contributed by atoms with van der Waals surface area (Å²) in [6, 6.07) is 5.65. The van der Waals surface area contributed by atoms with Gasteiger partial charge in [0, 0.05) is 6.04 Å². The van der Waals surface area contributed by atoms with E-state index in [1.165, 1.54) is 37.7 Å². The zero-order valence-corrected chi connectivity index (χ0v) is 12.7. The average Bonchev–Trinajstić information content (AvgIpc) is 3.04. The fraction of sp³-hybridized carbons (Fsp3) is 0.667. The highest BCUT2D eigenvalue weighted by Gasteiger charge is 2.39. The second-order valence-electron chi connectivity index (χ2n) is 6.93. The molecule has 0 saturated heterocycles. The van der Waals surface area contributed by atoms with E-state index in [-0.39, 0.29) is 5.82 Å². The van der Waals surface area contributed by atoms with E-state index >= 15 is 0 Å². The van der Waals surface area contributed by atoms with Gasteiger partial charge in [0.25, 0.3) is 0 Å².